The molecular weight excluding hydrogens is 290 g/mol. The van der Waals surface area contributed by atoms with Crippen LogP contribution in [-0.2, 0) is 16.6 Å². The SMILES string of the molecule is CN(C1CCC(C)(C)CC1)S(=O)(=O)c1cnn(CCO)c1. The summed E-state index contributed by atoms with van der Waals surface area (Å²) in [5, 5.41) is 12.8. The van der Waals surface area contributed by atoms with Gasteiger partial charge in [-0.15, -0.1) is 0 Å². The maximum Gasteiger partial charge on any atom is 0.246 e. The van der Waals surface area contributed by atoms with E-state index in [4.69, 9.17) is 5.11 Å². The third kappa shape index (κ3) is 3.64. The van der Waals surface area contributed by atoms with E-state index < -0.39 is 10.0 Å². The lowest BCUT2D eigenvalue weighted by atomic mass is 9.76. The Bertz CT molecular complexity index is 570. The molecule has 0 saturated heterocycles. The van der Waals surface area contributed by atoms with Crippen LogP contribution in [0.15, 0.2) is 17.3 Å². The number of aliphatic hydroxyl groups is 1. The van der Waals surface area contributed by atoms with Gasteiger partial charge in [-0.05, 0) is 31.1 Å². The van der Waals surface area contributed by atoms with Gasteiger partial charge in [-0.1, -0.05) is 13.8 Å². The molecule has 7 heteroatoms. The van der Waals surface area contributed by atoms with Crippen molar-refractivity contribution in [2.24, 2.45) is 5.41 Å². The molecule has 0 aromatic carbocycles. The van der Waals surface area contributed by atoms with Crippen LogP contribution < -0.4 is 0 Å². The first-order chi connectivity index (χ1) is 9.76. The number of aliphatic hydroxyl groups excluding tert-OH is 1. The summed E-state index contributed by atoms with van der Waals surface area (Å²) in [6.45, 7) is 4.71. The normalized spacial score (nSPS) is 20.0. The van der Waals surface area contributed by atoms with Crippen LogP contribution in [0.3, 0.4) is 0 Å². The van der Waals surface area contributed by atoms with Crippen molar-refractivity contribution in [3.63, 3.8) is 0 Å². The van der Waals surface area contributed by atoms with Crippen LogP contribution in [0.4, 0.5) is 0 Å². The molecule has 1 heterocycles. The summed E-state index contributed by atoms with van der Waals surface area (Å²) in [4.78, 5) is 0.197. The molecule has 0 aliphatic heterocycles. The van der Waals surface area contributed by atoms with Crippen LogP contribution in [0.1, 0.15) is 39.5 Å². The quantitative estimate of drug-likeness (QED) is 0.892. The molecule has 0 amide bonds. The van der Waals surface area contributed by atoms with E-state index in [2.05, 4.69) is 18.9 Å². The monoisotopic (exact) mass is 315 g/mol. The second-order valence-corrected chi connectivity index (χ2v) is 8.58. The first-order valence-corrected chi connectivity index (χ1v) is 8.82. The van der Waals surface area contributed by atoms with Crippen LogP contribution in [0, 0.1) is 5.41 Å². The summed E-state index contributed by atoms with van der Waals surface area (Å²) in [5.74, 6) is 0. The van der Waals surface area contributed by atoms with Crippen molar-refractivity contribution >= 4 is 10.0 Å². The van der Waals surface area contributed by atoms with Gasteiger partial charge in [0.05, 0.1) is 19.3 Å². The van der Waals surface area contributed by atoms with Crippen LogP contribution in [-0.4, -0.2) is 47.3 Å². The highest BCUT2D eigenvalue weighted by Crippen LogP contribution is 2.37. The lowest BCUT2D eigenvalue weighted by Gasteiger charge is -2.37. The van der Waals surface area contributed by atoms with Crippen LogP contribution in [0.5, 0.6) is 0 Å². The standard InChI is InChI=1S/C14H25N3O3S/c1-14(2)6-4-12(5-7-14)16(3)21(19,20)13-10-15-17(11-13)8-9-18/h10-12,18H,4-9H2,1-3H3. The number of nitrogens with zero attached hydrogens (tertiary/aromatic N) is 3. The van der Waals surface area contributed by atoms with Crippen molar-refractivity contribution in [2.45, 2.75) is 57.0 Å². The van der Waals surface area contributed by atoms with Crippen molar-refractivity contribution in [2.75, 3.05) is 13.7 Å². The summed E-state index contributed by atoms with van der Waals surface area (Å²) in [7, 11) is -1.85. The average Bonchev–Trinajstić information content (AvgIpc) is 2.88. The van der Waals surface area contributed by atoms with Gasteiger partial charge in [-0.3, -0.25) is 4.68 Å². The Morgan fingerprint density at radius 2 is 2.05 bits per heavy atom. The van der Waals surface area contributed by atoms with Gasteiger partial charge in [0.25, 0.3) is 0 Å². The Balaban J connectivity index is 2.11. The van der Waals surface area contributed by atoms with Gasteiger partial charge in [0.2, 0.25) is 10.0 Å². The number of hydrogen-bond donors (Lipinski definition) is 1. The van der Waals surface area contributed by atoms with E-state index in [0.717, 1.165) is 25.7 Å². The largest absolute Gasteiger partial charge is 0.394 e. The van der Waals surface area contributed by atoms with Crippen molar-refractivity contribution in [1.82, 2.24) is 14.1 Å². The molecule has 1 N–H and O–H groups in total. The van der Waals surface area contributed by atoms with Crippen molar-refractivity contribution in [3.8, 4) is 0 Å². The highest BCUT2D eigenvalue weighted by molar-refractivity contribution is 7.89. The summed E-state index contributed by atoms with van der Waals surface area (Å²) in [6, 6.07) is 0.0595. The third-order valence-corrected chi connectivity index (χ3v) is 6.30. The fourth-order valence-corrected chi connectivity index (χ4v) is 4.18. The number of sulfonamides is 1. The van der Waals surface area contributed by atoms with E-state index in [-0.39, 0.29) is 17.5 Å². The molecule has 1 fully saturated rings. The molecule has 1 aromatic heterocycles. The number of aromatic nitrogens is 2. The Morgan fingerprint density at radius 1 is 1.43 bits per heavy atom. The fraction of sp³-hybridized carbons (Fsp3) is 0.786. The van der Waals surface area contributed by atoms with Gasteiger partial charge in [-0.2, -0.15) is 9.40 Å². The van der Waals surface area contributed by atoms with Gasteiger partial charge in [-0.25, -0.2) is 8.42 Å². The molecule has 0 atom stereocenters. The van der Waals surface area contributed by atoms with E-state index in [1.54, 1.807) is 7.05 Å². The first-order valence-electron chi connectivity index (χ1n) is 7.38. The lowest BCUT2D eigenvalue weighted by Crippen LogP contribution is -2.40. The predicted molar refractivity (Wildman–Crippen MR) is 80.3 cm³/mol. The molecule has 21 heavy (non-hydrogen) atoms. The predicted octanol–water partition coefficient (Wildman–Crippen LogP) is 1.46. The van der Waals surface area contributed by atoms with Crippen molar-refractivity contribution < 1.29 is 13.5 Å². The molecule has 1 aliphatic carbocycles. The van der Waals surface area contributed by atoms with Gasteiger partial charge in [0.15, 0.2) is 0 Å². The van der Waals surface area contributed by atoms with Crippen LogP contribution in [0.25, 0.3) is 0 Å². The second kappa shape index (κ2) is 6.06. The van der Waals surface area contributed by atoms with E-state index in [9.17, 15) is 8.42 Å². The Labute approximate surface area is 126 Å². The Hall–Kier alpha value is -0.920. The van der Waals surface area contributed by atoms with Crippen LogP contribution in [0.2, 0.25) is 0 Å². The smallest absolute Gasteiger partial charge is 0.246 e. The Morgan fingerprint density at radius 3 is 2.62 bits per heavy atom. The number of hydrogen-bond acceptors (Lipinski definition) is 4. The lowest BCUT2D eigenvalue weighted by molar-refractivity contribution is 0.174. The van der Waals surface area contributed by atoms with E-state index in [1.165, 1.54) is 21.4 Å². The van der Waals surface area contributed by atoms with E-state index in [1.807, 2.05) is 0 Å². The molecule has 1 aromatic rings. The van der Waals surface area contributed by atoms with Gasteiger partial charge in [0, 0.05) is 19.3 Å². The third-order valence-electron chi connectivity index (χ3n) is 4.44. The summed E-state index contributed by atoms with van der Waals surface area (Å²) < 4.78 is 28.2. The molecule has 0 bridgehead atoms. The van der Waals surface area contributed by atoms with E-state index in [0.29, 0.717) is 12.0 Å². The molecule has 0 radical (unpaired) electrons. The topological polar surface area (TPSA) is 75.4 Å². The fourth-order valence-electron chi connectivity index (χ4n) is 2.81. The summed E-state index contributed by atoms with van der Waals surface area (Å²) >= 11 is 0. The van der Waals surface area contributed by atoms with Gasteiger partial charge < -0.3 is 5.11 Å². The van der Waals surface area contributed by atoms with Crippen LogP contribution >= 0.6 is 0 Å². The molecular formula is C14H25N3O3S. The maximum atomic E-state index is 12.6. The van der Waals surface area contributed by atoms with E-state index >= 15 is 0 Å². The van der Waals surface area contributed by atoms with Crippen molar-refractivity contribution in [3.05, 3.63) is 12.4 Å². The first kappa shape index (κ1) is 16.5. The zero-order valence-corrected chi connectivity index (χ0v) is 13.8. The highest BCUT2D eigenvalue weighted by atomic mass is 32.2. The van der Waals surface area contributed by atoms with Gasteiger partial charge >= 0.3 is 0 Å². The molecule has 120 valence electrons. The minimum Gasteiger partial charge on any atom is -0.394 e. The maximum absolute atomic E-state index is 12.6. The molecule has 6 nitrogen and oxygen atoms in total. The minimum atomic E-state index is -3.50. The second-order valence-electron chi connectivity index (χ2n) is 6.58. The zero-order chi connectivity index (χ0) is 15.7. The molecule has 0 unspecified atom stereocenters. The van der Waals surface area contributed by atoms with Gasteiger partial charge in [0.1, 0.15) is 4.90 Å². The van der Waals surface area contributed by atoms with Crippen molar-refractivity contribution in [1.29, 1.82) is 0 Å². The zero-order valence-electron chi connectivity index (χ0n) is 13.0. The average molecular weight is 315 g/mol. The Kier molecular flexibility index (Phi) is 4.75. The summed E-state index contributed by atoms with van der Waals surface area (Å²) in [6.07, 6.45) is 6.71. The summed E-state index contributed by atoms with van der Waals surface area (Å²) in [5.41, 5.74) is 0.313. The molecule has 2 rings (SSSR count). The molecule has 1 aliphatic rings. The minimum absolute atomic E-state index is 0.0595. The molecule has 0 spiro atoms. The molecule has 1 saturated carbocycles. The number of rotatable bonds is 5. The highest BCUT2D eigenvalue weighted by Gasteiger charge is 2.34.